The molecule has 4 aromatic carbocycles. The van der Waals surface area contributed by atoms with Crippen LogP contribution in [0.2, 0.25) is 0 Å². The van der Waals surface area contributed by atoms with Gasteiger partial charge in [0, 0.05) is 0 Å². The Balaban J connectivity index is 1.71. The zero-order chi connectivity index (χ0) is 27.0. The van der Waals surface area contributed by atoms with Crippen LogP contribution in [0.25, 0.3) is 22.2 Å². The number of hydrogen-bond donors (Lipinski definition) is 1. The average molecular weight is 555 g/mol. The SMILES string of the molecule is O=S(=O)(Nc1c(S(=O)(=O)c2ccccc2)c2nc3ccccc3nc2n1Cc1ccccc1)c1ccccc1. The molecule has 10 heteroatoms. The van der Waals surface area contributed by atoms with Crippen molar-refractivity contribution in [2.24, 2.45) is 0 Å². The van der Waals surface area contributed by atoms with Gasteiger partial charge in [-0.3, -0.25) is 4.72 Å². The first-order valence-corrected chi connectivity index (χ1v) is 15.0. The van der Waals surface area contributed by atoms with Crippen molar-refractivity contribution in [2.75, 3.05) is 4.72 Å². The van der Waals surface area contributed by atoms with Crippen LogP contribution in [-0.4, -0.2) is 31.4 Å². The number of anilines is 1. The number of hydrogen-bond acceptors (Lipinski definition) is 6. The molecule has 8 nitrogen and oxygen atoms in total. The van der Waals surface area contributed by atoms with Gasteiger partial charge in [0.25, 0.3) is 10.0 Å². The van der Waals surface area contributed by atoms with Crippen LogP contribution in [0.4, 0.5) is 5.82 Å². The highest BCUT2D eigenvalue weighted by atomic mass is 32.2. The summed E-state index contributed by atoms with van der Waals surface area (Å²) in [6.45, 7) is 0.154. The smallest absolute Gasteiger partial charge is 0.263 e. The molecule has 0 bridgehead atoms. The monoisotopic (exact) mass is 554 g/mol. The van der Waals surface area contributed by atoms with Crippen molar-refractivity contribution < 1.29 is 16.8 Å². The fraction of sp³-hybridized carbons (Fsp3) is 0.0345. The average Bonchev–Trinajstić information content (AvgIpc) is 3.24. The number of nitrogens with zero attached hydrogens (tertiary/aromatic N) is 3. The fourth-order valence-corrected chi connectivity index (χ4v) is 7.17. The zero-order valence-electron chi connectivity index (χ0n) is 20.5. The van der Waals surface area contributed by atoms with Gasteiger partial charge in [-0.1, -0.05) is 78.9 Å². The Bertz CT molecular complexity index is 2030. The quantitative estimate of drug-likeness (QED) is 0.288. The van der Waals surface area contributed by atoms with E-state index >= 15 is 0 Å². The van der Waals surface area contributed by atoms with E-state index in [0.717, 1.165) is 5.56 Å². The van der Waals surface area contributed by atoms with Gasteiger partial charge in [-0.05, 0) is 42.0 Å². The molecule has 0 unspecified atom stereocenters. The number of fused-ring (bicyclic) bond motifs is 2. The van der Waals surface area contributed by atoms with Crippen LogP contribution in [-0.2, 0) is 26.4 Å². The molecular weight excluding hydrogens is 532 g/mol. The van der Waals surface area contributed by atoms with Crippen molar-refractivity contribution in [3.63, 3.8) is 0 Å². The Kier molecular flexibility index (Phi) is 6.13. The van der Waals surface area contributed by atoms with Crippen LogP contribution < -0.4 is 4.72 Å². The van der Waals surface area contributed by atoms with Gasteiger partial charge in [-0.2, -0.15) is 0 Å². The lowest BCUT2D eigenvalue weighted by molar-refractivity contribution is 0.596. The Labute approximate surface area is 225 Å². The minimum Gasteiger partial charge on any atom is -0.305 e. The maximum Gasteiger partial charge on any atom is 0.263 e. The third kappa shape index (κ3) is 4.53. The summed E-state index contributed by atoms with van der Waals surface area (Å²) in [4.78, 5) is 9.22. The molecule has 0 amide bonds. The van der Waals surface area contributed by atoms with E-state index in [4.69, 9.17) is 9.97 Å². The Hall–Kier alpha value is -4.54. The number of aromatic nitrogens is 3. The van der Waals surface area contributed by atoms with Crippen molar-refractivity contribution in [3.05, 3.63) is 121 Å². The first-order valence-electron chi connectivity index (χ1n) is 12.1. The Morgan fingerprint density at radius 3 is 1.74 bits per heavy atom. The van der Waals surface area contributed by atoms with E-state index in [0.29, 0.717) is 11.0 Å². The van der Waals surface area contributed by atoms with E-state index in [1.807, 2.05) is 36.4 Å². The van der Waals surface area contributed by atoms with Crippen molar-refractivity contribution in [1.82, 2.24) is 14.5 Å². The summed E-state index contributed by atoms with van der Waals surface area (Å²) in [6, 6.07) is 32.1. The number of sulfone groups is 1. The van der Waals surface area contributed by atoms with Gasteiger partial charge in [-0.25, -0.2) is 26.8 Å². The molecule has 2 heterocycles. The lowest BCUT2D eigenvalue weighted by Gasteiger charge is -2.15. The van der Waals surface area contributed by atoms with E-state index in [1.54, 1.807) is 59.2 Å². The minimum atomic E-state index is -4.24. The van der Waals surface area contributed by atoms with Crippen LogP contribution in [0.1, 0.15) is 5.56 Å². The standard InChI is InChI=1S/C29H22N4O4S2/c34-38(35,22-14-6-2-7-15-22)27-26-28(31-25-19-11-10-18-24(25)30-26)33(20-21-12-4-1-5-13-21)29(27)32-39(36,37)23-16-8-3-9-17-23/h1-19,32H,20H2. The van der Waals surface area contributed by atoms with Crippen LogP contribution in [0, 0.1) is 0 Å². The molecule has 6 rings (SSSR count). The second-order valence-corrected chi connectivity index (χ2v) is 12.4. The molecule has 194 valence electrons. The van der Waals surface area contributed by atoms with E-state index in [2.05, 4.69) is 4.72 Å². The van der Waals surface area contributed by atoms with E-state index < -0.39 is 19.9 Å². The van der Waals surface area contributed by atoms with Gasteiger partial charge in [0.15, 0.2) is 5.65 Å². The highest BCUT2D eigenvalue weighted by molar-refractivity contribution is 7.93. The third-order valence-corrected chi connectivity index (χ3v) is 9.47. The van der Waals surface area contributed by atoms with Gasteiger partial charge >= 0.3 is 0 Å². The summed E-state index contributed by atoms with van der Waals surface area (Å²) >= 11 is 0. The molecule has 2 aromatic heterocycles. The summed E-state index contributed by atoms with van der Waals surface area (Å²) in [6.07, 6.45) is 0. The van der Waals surface area contributed by atoms with E-state index in [1.165, 1.54) is 24.3 Å². The third-order valence-electron chi connectivity index (χ3n) is 6.30. The molecule has 0 saturated carbocycles. The Morgan fingerprint density at radius 1 is 0.615 bits per heavy atom. The van der Waals surface area contributed by atoms with E-state index in [-0.39, 0.29) is 38.2 Å². The topological polar surface area (TPSA) is 111 Å². The molecule has 0 aliphatic carbocycles. The molecule has 0 aliphatic rings. The summed E-state index contributed by atoms with van der Waals surface area (Å²) in [5, 5.41) is 0. The lowest BCUT2D eigenvalue weighted by Crippen LogP contribution is -2.18. The Morgan fingerprint density at radius 2 is 1.13 bits per heavy atom. The molecule has 0 aliphatic heterocycles. The molecule has 0 radical (unpaired) electrons. The minimum absolute atomic E-state index is 0.00402. The maximum atomic E-state index is 14.2. The summed E-state index contributed by atoms with van der Waals surface area (Å²) < 4.78 is 59.7. The highest BCUT2D eigenvalue weighted by Crippen LogP contribution is 2.38. The van der Waals surface area contributed by atoms with Gasteiger partial charge < -0.3 is 4.57 Å². The number of para-hydroxylation sites is 2. The summed E-state index contributed by atoms with van der Waals surface area (Å²) in [7, 11) is -8.42. The van der Waals surface area contributed by atoms with Crippen LogP contribution in [0.5, 0.6) is 0 Å². The van der Waals surface area contributed by atoms with Crippen LogP contribution in [0.3, 0.4) is 0 Å². The van der Waals surface area contributed by atoms with E-state index in [9.17, 15) is 16.8 Å². The summed E-state index contributed by atoms with van der Waals surface area (Å²) in [5.41, 5.74) is 2.20. The van der Waals surface area contributed by atoms with Gasteiger partial charge in [0.05, 0.1) is 27.4 Å². The second kappa shape index (κ2) is 9.64. The molecule has 0 fully saturated rings. The molecule has 39 heavy (non-hydrogen) atoms. The molecule has 1 N–H and O–H groups in total. The lowest BCUT2D eigenvalue weighted by atomic mass is 10.2. The predicted molar refractivity (Wildman–Crippen MR) is 150 cm³/mol. The van der Waals surface area contributed by atoms with Crippen LogP contribution in [0.15, 0.2) is 130 Å². The number of rotatable bonds is 7. The fourth-order valence-electron chi connectivity index (χ4n) is 4.45. The van der Waals surface area contributed by atoms with Crippen molar-refractivity contribution in [3.8, 4) is 0 Å². The highest BCUT2D eigenvalue weighted by Gasteiger charge is 2.33. The van der Waals surface area contributed by atoms with Crippen molar-refractivity contribution in [2.45, 2.75) is 21.2 Å². The number of nitrogens with one attached hydrogen (secondary N) is 1. The molecule has 0 spiro atoms. The van der Waals surface area contributed by atoms with Crippen LogP contribution >= 0.6 is 0 Å². The largest absolute Gasteiger partial charge is 0.305 e. The molecule has 0 saturated heterocycles. The summed E-state index contributed by atoms with van der Waals surface area (Å²) in [5.74, 6) is -0.128. The number of sulfonamides is 1. The second-order valence-electron chi connectivity index (χ2n) is 8.87. The predicted octanol–water partition coefficient (Wildman–Crippen LogP) is 5.27. The normalized spacial score (nSPS) is 12.1. The maximum absolute atomic E-state index is 14.2. The molecule has 6 aromatic rings. The van der Waals surface area contributed by atoms with Gasteiger partial charge in [-0.15, -0.1) is 0 Å². The van der Waals surface area contributed by atoms with Crippen molar-refractivity contribution >= 4 is 47.9 Å². The molecule has 0 atom stereocenters. The van der Waals surface area contributed by atoms with Gasteiger partial charge in [0.2, 0.25) is 9.84 Å². The number of benzene rings is 4. The van der Waals surface area contributed by atoms with Crippen molar-refractivity contribution in [1.29, 1.82) is 0 Å². The molecular formula is C29H22N4O4S2. The first-order chi connectivity index (χ1) is 18.8. The zero-order valence-corrected chi connectivity index (χ0v) is 22.1. The van der Waals surface area contributed by atoms with Gasteiger partial charge in [0.1, 0.15) is 16.2 Å². The first kappa shape index (κ1) is 24.8.